The maximum absolute atomic E-state index is 6.30. The van der Waals surface area contributed by atoms with E-state index >= 15 is 0 Å². The number of hydrogen-bond donors (Lipinski definition) is 0. The Bertz CT molecular complexity index is 538. The molecule has 0 amide bonds. The molecule has 84 valence electrons. The Kier molecular flexibility index (Phi) is 2.67. The number of fused-ring (bicyclic) bond motifs is 1. The van der Waals surface area contributed by atoms with Gasteiger partial charge in [0.15, 0.2) is 0 Å². The minimum atomic E-state index is 0.0279. The lowest BCUT2D eigenvalue weighted by molar-refractivity contribution is 0.571. The van der Waals surface area contributed by atoms with E-state index in [2.05, 4.69) is 33.8 Å². The van der Waals surface area contributed by atoms with Crippen LogP contribution in [0.25, 0.3) is 10.9 Å². The summed E-state index contributed by atoms with van der Waals surface area (Å²) in [6.07, 6.45) is 0. The van der Waals surface area contributed by atoms with Crippen molar-refractivity contribution in [3.8, 4) is 0 Å². The Morgan fingerprint density at radius 1 is 1.19 bits per heavy atom. The first-order valence-electron chi connectivity index (χ1n) is 5.46. The standard InChI is InChI=1S/C14H16ClN/c1-9-6-5-7-10-11(15)8-12(14(2,3)4)16-13(9)10/h5-8H,1-4H3. The van der Waals surface area contributed by atoms with Gasteiger partial charge in [-0.3, -0.25) is 4.98 Å². The molecule has 2 aromatic rings. The van der Waals surface area contributed by atoms with Crippen molar-refractivity contribution < 1.29 is 0 Å². The summed E-state index contributed by atoms with van der Waals surface area (Å²) in [6, 6.07) is 8.08. The van der Waals surface area contributed by atoms with Gasteiger partial charge in [0.1, 0.15) is 0 Å². The topological polar surface area (TPSA) is 12.9 Å². The number of halogens is 1. The van der Waals surface area contributed by atoms with E-state index in [1.165, 1.54) is 5.56 Å². The monoisotopic (exact) mass is 233 g/mol. The lowest BCUT2D eigenvalue weighted by atomic mass is 9.91. The number of benzene rings is 1. The van der Waals surface area contributed by atoms with Gasteiger partial charge in [-0.1, -0.05) is 50.6 Å². The van der Waals surface area contributed by atoms with Crippen LogP contribution in [-0.2, 0) is 5.41 Å². The second-order valence-corrected chi connectivity index (χ2v) is 5.62. The maximum atomic E-state index is 6.30. The van der Waals surface area contributed by atoms with Crippen LogP contribution in [0.1, 0.15) is 32.0 Å². The van der Waals surface area contributed by atoms with Crippen LogP contribution in [0.5, 0.6) is 0 Å². The molecule has 1 aromatic heterocycles. The lowest BCUT2D eigenvalue weighted by Crippen LogP contribution is -2.13. The van der Waals surface area contributed by atoms with Crippen LogP contribution in [-0.4, -0.2) is 4.98 Å². The molecule has 0 saturated carbocycles. The van der Waals surface area contributed by atoms with Gasteiger partial charge in [-0.05, 0) is 18.6 Å². The molecule has 1 nitrogen and oxygen atoms in total. The summed E-state index contributed by atoms with van der Waals surface area (Å²) < 4.78 is 0. The Morgan fingerprint density at radius 3 is 2.50 bits per heavy atom. The summed E-state index contributed by atoms with van der Waals surface area (Å²) in [6.45, 7) is 8.51. The quantitative estimate of drug-likeness (QED) is 0.653. The molecule has 0 aliphatic heterocycles. The van der Waals surface area contributed by atoms with Gasteiger partial charge in [0.25, 0.3) is 0 Å². The van der Waals surface area contributed by atoms with E-state index in [1.54, 1.807) is 0 Å². The average molecular weight is 234 g/mol. The second kappa shape index (κ2) is 3.74. The number of pyridine rings is 1. The van der Waals surface area contributed by atoms with Gasteiger partial charge in [-0.2, -0.15) is 0 Å². The van der Waals surface area contributed by atoms with Crippen LogP contribution < -0.4 is 0 Å². The Labute approximate surface area is 101 Å². The number of aryl methyl sites for hydroxylation is 1. The molecule has 0 saturated heterocycles. The zero-order valence-electron chi connectivity index (χ0n) is 10.1. The smallest absolute Gasteiger partial charge is 0.0749 e. The van der Waals surface area contributed by atoms with E-state index in [1.807, 2.05) is 18.2 Å². The predicted molar refractivity (Wildman–Crippen MR) is 70.2 cm³/mol. The van der Waals surface area contributed by atoms with Gasteiger partial charge < -0.3 is 0 Å². The second-order valence-electron chi connectivity index (χ2n) is 5.21. The Balaban J connectivity index is 2.81. The van der Waals surface area contributed by atoms with E-state index in [4.69, 9.17) is 16.6 Å². The fourth-order valence-corrected chi connectivity index (χ4v) is 1.99. The van der Waals surface area contributed by atoms with Gasteiger partial charge in [0, 0.05) is 16.5 Å². The van der Waals surface area contributed by atoms with Crippen molar-refractivity contribution in [2.75, 3.05) is 0 Å². The van der Waals surface area contributed by atoms with E-state index < -0.39 is 0 Å². The summed E-state index contributed by atoms with van der Waals surface area (Å²) in [4.78, 5) is 4.72. The number of nitrogens with zero attached hydrogens (tertiary/aromatic N) is 1. The largest absolute Gasteiger partial charge is 0.252 e. The SMILES string of the molecule is Cc1cccc2c(Cl)cc(C(C)(C)C)nc12. The summed E-state index contributed by atoms with van der Waals surface area (Å²) in [5.74, 6) is 0. The first-order valence-corrected chi connectivity index (χ1v) is 5.84. The molecule has 0 aliphatic rings. The lowest BCUT2D eigenvalue weighted by Gasteiger charge is -2.19. The molecular formula is C14H16ClN. The third-order valence-electron chi connectivity index (χ3n) is 2.76. The molecule has 0 spiro atoms. The zero-order valence-corrected chi connectivity index (χ0v) is 10.9. The van der Waals surface area contributed by atoms with Gasteiger partial charge in [-0.15, -0.1) is 0 Å². The van der Waals surface area contributed by atoms with Gasteiger partial charge in [0.05, 0.1) is 10.5 Å². The third-order valence-corrected chi connectivity index (χ3v) is 3.07. The highest BCUT2D eigenvalue weighted by molar-refractivity contribution is 6.35. The van der Waals surface area contributed by atoms with Gasteiger partial charge in [-0.25, -0.2) is 0 Å². The van der Waals surface area contributed by atoms with E-state index in [0.717, 1.165) is 21.6 Å². The molecule has 0 unspecified atom stereocenters. The van der Waals surface area contributed by atoms with Gasteiger partial charge in [0.2, 0.25) is 0 Å². The molecule has 0 radical (unpaired) electrons. The summed E-state index contributed by atoms with van der Waals surface area (Å²) in [5.41, 5.74) is 3.25. The molecule has 0 aliphatic carbocycles. The molecule has 16 heavy (non-hydrogen) atoms. The first-order chi connectivity index (χ1) is 7.39. The molecule has 1 aromatic carbocycles. The fourth-order valence-electron chi connectivity index (χ4n) is 1.73. The van der Waals surface area contributed by atoms with Crippen LogP contribution in [0.15, 0.2) is 24.3 Å². The molecular weight excluding hydrogens is 218 g/mol. The van der Waals surface area contributed by atoms with Crippen LogP contribution >= 0.6 is 11.6 Å². The highest BCUT2D eigenvalue weighted by Gasteiger charge is 2.17. The van der Waals surface area contributed by atoms with E-state index in [-0.39, 0.29) is 5.41 Å². The van der Waals surface area contributed by atoms with Crippen molar-refractivity contribution in [1.82, 2.24) is 4.98 Å². The van der Waals surface area contributed by atoms with Crippen LogP contribution in [0.2, 0.25) is 5.02 Å². The fraction of sp³-hybridized carbons (Fsp3) is 0.357. The zero-order chi connectivity index (χ0) is 11.9. The summed E-state index contributed by atoms with van der Waals surface area (Å²) >= 11 is 6.30. The molecule has 2 rings (SSSR count). The third kappa shape index (κ3) is 1.92. The van der Waals surface area contributed by atoms with Crippen LogP contribution in [0.4, 0.5) is 0 Å². The van der Waals surface area contributed by atoms with Crippen molar-refractivity contribution in [1.29, 1.82) is 0 Å². The van der Waals surface area contributed by atoms with Crippen molar-refractivity contribution in [2.24, 2.45) is 0 Å². The maximum Gasteiger partial charge on any atom is 0.0749 e. The molecule has 0 N–H and O–H groups in total. The summed E-state index contributed by atoms with van der Waals surface area (Å²) in [7, 11) is 0. The Hall–Kier alpha value is -1.08. The minimum Gasteiger partial charge on any atom is -0.252 e. The van der Waals surface area contributed by atoms with Crippen LogP contribution in [0.3, 0.4) is 0 Å². The minimum absolute atomic E-state index is 0.0279. The molecule has 2 heteroatoms. The van der Waals surface area contributed by atoms with E-state index in [0.29, 0.717) is 0 Å². The molecule has 1 heterocycles. The summed E-state index contributed by atoms with van der Waals surface area (Å²) in [5, 5.41) is 1.83. The molecule has 0 bridgehead atoms. The molecule has 0 fully saturated rings. The van der Waals surface area contributed by atoms with Crippen molar-refractivity contribution in [2.45, 2.75) is 33.1 Å². The number of hydrogen-bond acceptors (Lipinski definition) is 1. The Morgan fingerprint density at radius 2 is 1.88 bits per heavy atom. The van der Waals surface area contributed by atoms with E-state index in [9.17, 15) is 0 Å². The average Bonchev–Trinajstić information content (AvgIpc) is 2.18. The predicted octanol–water partition coefficient (Wildman–Crippen LogP) is 4.49. The van der Waals surface area contributed by atoms with Crippen molar-refractivity contribution >= 4 is 22.5 Å². The number of para-hydroxylation sites is 1. The van der Waals surface area contributed by atoms with Crippen molar-refractivity contribution in [3.63, 3.8) is 0 Å². The highest BCUT2D eigenvalue weighted by Crippen LogP contribution is 2.30. The number of rotatable bonds is 0. The van der Waals surface area contributed by atoms with Gasteiger partial charge >= 0.3 is 0 Å². The highest BCUT2D eigenvalue weighted by atomic mass is 35.5. The number of aromatic nitrogens is 1. The molecule has 0 atom stereocenters. The normalized spacial score (nSPS) is 12.1. The van der Waals surface area contributed by atoms with Crippen LogP contribution in [0, 0.1) is 6.92 Å². The van der Waals surface area contributed by atoms with Crippen molar-refractivity contribution in [3.05, 3.63) is 40.5 Å². The first kappa shape index (κ1) is 11.4.